The Bertz CT molecular complexity index is 934. The monoisotopic (exact) mass is 443 g/mol. The smallest absolute Gasteiger partial charge is 0.247 e. The minimum Gasteiger partial charge on any atom is -0.369 e. The summed E-state index contributed by atoms with van der Waals surface area (Å²) in [5, 5.41) is 6.84. The van der Waals surface area contributed by atoms with E-state index in [0.29, 0.717) is 17.3 Å². The summed E-state index contributed by atoms with van der Waals surface area (Å²) in [5.41, 5.74) is 3.59. The van der Waals surface area contributed by atoms with E-state index in [1.165, 1.54) is 0 Å². The van der Waals surface area contributed by atoms with E-state index in [2.05, 4.69) is 31.5 Å². The van der Waals surface area contributed by atoms with Crippen molar-refractivity contribution in [2.45, 2.75) is 19.5 Å². The minimum atomic E-state index is -0.595. The Labute approximate surface area is 172 Å². The lowest BCUT2D eigenvalue weighted by Gasteiger charge is -2.22. The van der Waals surface area contributed by atoms with Crippen molar-refractivity contribution < 1.29 is 4.79 Å². The van der Waals surface area contributed by atoms with Crippen molar-refractivity contribution in [2.24, 2.45) is 0 Å². The Kier molecular flexibility index (Phi) is 6.48. The van der Waals surface area contributed by atoms with Gasteiger partial charge in [-0.15, -0.1) is 0 Å². The summed E-state index contributed by atoms with van der Waals surface area (Å²) in [5.74, 6) is -0.143. The molecule has 0 bridgehead atoms. The highest BCUT2D eigenvalue weighted by atomic mass is 79.9. The van der Waals surface area contributed by atoms with Crippen LogP contribution in [0.5, 0.6) is 0 Å². The fourth-order valence-corrected chi connectivity index (χ4v) is 3.48. The molecule has 4 nitrogen and oxygen atoms in total. The standard InChI is InChI=1S/C21H19BrClN3O/c1-14-6-7-19(18(23)12-14)26-20(16-4-2-3-5-17(16)22)21(27)25-13-15-8-10-24-11-9-15/h2-12,20,26H,13H2,1H3,(H,25,27). The van der Waals surface area contributed by atoms with Gasteiger partial charge in [0.2, 0.25) is 5.91 Å². The van der Waals surface area contributed by atoms with Crippen LogP contribution in [0.1, 0.15) is 22.7 Å². The first-order valence-electron chi connectivity index (χ1n) is 8.48. The van der Waals surface area contributed by atoms with Gasteiger partial charge in [-0.2, -0.15) is 0 Å². The van der Waals surface area contributed by atoms with Crippen molar-refractivity contribution in [1.82, 2.24) is 10.3 Å². The van der Waals surface area contributed by atoms with Gasteiger partial charge in [0.25, 0.3) is 0 Å². The molecule has 27 heavy (non-hydrogen) atoms. The van der Waals surface area contributed by atoms with Crippen LogP contribution < -0.4 is 10.6 Å². The zero-order valence-corrected chi connectivity index (χ0v) is 17.1. The maximum Gasteiger partial charge on any atom is 0.247 e. The number of carbonyl (C=O) groups is 1. The molecule has 0 aliphatic heterocycles. The second kappa shape index (κ2) is 9.02. The molecule has 1 atom stereocenters. The van der Waals surface area contributed by atoms with Crippen molar-refractivity contribution in [3.8, 4) is 0 Å². The lowest BCUT2D eigenvalue weighted by atomic mass is 10.1. The van der Waals surface area contributed by atoms with Crippen LogP contribution in [0.2, 0.25) is 5.02 Å². The first-order valence-corrected chi connectivity index (χ1v) is 9.65. The normalized spacial score (nSPS) is 11.7. The van der Waals surface area contributed by atoms with E-state index in [4.69, 9.17) is 11.6 Å². The zero-order valence-electron chi connectivity index (χ0n) is 14.7. The topological polar surface area (TPSA) is 54.0 Å². The number of aromatic nitrogens is 1. The van der Waals surface area contributed by atoms with Gasteiger partial charge in [-0.05, 0) is 53.9 Å². The van der Waals surface area contributed by atoms with E-state index in [1.54, 1.807) is 12.4 Å². The van der Waals surface area contributed by atoms with Crippen molar-refractivity contribution in [3.05, 3.63) is 93.2 Å². The molecule has 0 aliphatic rings. The number of pyridine rings is 1. The maximum absolute atomic E-state index is 13.0. The Morgan fingerprint density at radius 2 is 1.89 bits per heavy atom. The van der Waals surface area contributed by atoms with Gasteiger partial charge in [0.15, 0.2) is 0 Å². The molecular weight excluding hydrogens is 426 g/mol. The third-order valence-corrected chi connectivity index (χ3v) is 5.15. The van der Waals surface area contributed by atoms with Crippen LogP contribution in [0, 0.1) is 6.92 Å². The molecule has 138 valence electrons. The van der Waals surface area contributed by atoms with Gasteiger partial charge in [0, 0.05) is 23.4 Å². The van der Waals surface area contributed by atoms with E-state index >= 15 is 0 Å². The van der Waals surface area contributed by atoms with Gasteiger partial charge in [-0.3, -0.25) is 9.78 Å². The predicted octanol–water partition coefficient (Wildman–Crippen LogP) is 5.28. The summed E-state index contributed by atoms with van der Waals surface area (Å²) < 4.78 is 0.852. The molecule has 2 aromatic carbocycles. The summed E-state index contributed by atoms with van der Waals surface area (Å²) in [6, 6.07) is 16.5. The summed E-state index contributed by atoms with van der Waals surface area (Å²) in [6.07, 6.45) is 3.41. The molecule has 3 rings (SSSR count). The lowest BCUT2D eigenvalue weighted by molar-refractivity contribution is -0.122. The van der Waals surface area contributed by atoms with Crippen molar-refractivity contribution in [3.63, 3.8) is 0 Å². The van der Waals surface area contributed by atoms with Crippen molar-refractivity contribution >= 4 is 39.1 Å². The Hall–Kier alpha value is -2.37. The van der Waals surface area contributed by atoms with E-state index < -0.39 is 6.04 Å². The number of aryl methyl sites for hydroxylation is 1. The number of amides is 1. The van der Waals surface area contributed by atoms with Crippen LogP contribution >= 0.6 is 27.5 Å². The maximum atomic E-state index is 13.0. The SMILES string of the molecule is Cc1ccc(NC(C(=O)NCc2ccncc2)c2ccccc2Br)c(Cl)c1. The Morgan fingerprint density at radius 1 is 1.15 bits per heavy atom. The molecule has 3 aromatic rings. The number of benzene rings is 2. The molecule has 0 spiro atoms. The number of halogens is 2. The fourth-order valence-electron chi connectivity index (χ4n) is 2.68. The minimum absolute atomic E-state index is 0.143. The van der Waals surface area contributed by atoms with Gasteiger partial charge in [0.1, 0.15) is 6.04 Å². The number of nitrogens with one attached hydrogen (secondary N) is 2. The summed E-state index contributed by atoms with van der Waals surface area (Å²) in [6.45, 7) is 2.40. The number of hydrogen-bond donors (Lipinski definition) is 2. The second-order valence-electron chi connectivity index (χ2n) is 6.16. The third kappa shape index (κ3) is 5.08. The zero-order chi connectivity index (χ0) is 19.2. The number of rotatable bonds is 6. The number of nitrogens with zero attached hydrogens (tertiary/aromatic N) is 1. The second-order valence-corrected chi connectivity index (χ2v) is 7.42. The molecule has 1 heterocycles. The van der Waals surface area contributed by atoms with Crippen LogP contribution in [0.15, 0.2) is 71.5 Å². The largest absolute Gasteiger partial charge is 0.369 e. The predicted molar refractivity (Wildman–Crippen MR) is 113 cm³/mol. The Balaban J connectivity index is 1.85. The molecule has 0 fully saturated rings. The van der Waals surface area contributed by atoms with Crippen molar-refractivity contribution in [1.29, 1.82) is 0 Å². The van der Waals surface area contributed by atoms with Gasteiger partial charge in [-0.25, -0.2) is 0 Å². The summed E-state index contributed by atoms with van der Waals surface area (Å²) in [7, 11) is 0. The fraction of sp³-hybridized carbons (Fsp3) is 0.143. The molecular formula is C21H19BrClN3O. The van der Waals surface area contributed by atoms with Crippen LogP contribution in [-0.2, 0) is 11.3 Å². The van der Waals surface area contributed by atoms with E-state index in [1.807, 2.05) is 61.5 Å². The van der Waals surface area contributed by atoms with Crippen LogP contribution in [0.25, 0.3) is 0 Å². The average molecular weight is 445 g/mol. The van der Waals surface area contributed by atoms with Crippen LogP contribution in [0.4, 0.5) is 5.69 Å². The number of carbonyl (C=O) groups excluding carboxylic acids is 1. The molecule has 0 saturated carbocycles. The Morgan fingerprint density at radius 3 is 2.59 bits per heavy atom. The van der Waals surface area contributed by atoms with Crippen LogP contribution in [0.3, 0.4) is 0 Å². The third-order valence-electron chi connectivity index (χ3n) is 4.12. The number of anilines is 1. The lowest BCUT2D eigenvalue weighted by Crippen LogP contribution is -2.33. The molecule has 0 saturated heterocycles. The first kappa shape index (κ1) is 19.4. The molecule has 6 heteroatoms. The number of hydrogen-bond acceptors (Lipinski definition) is 3. The molecule has 1 unspecified atom stereocenters. The molecule has 1 aromatic heterocycles. The van der Waals surface area contributed by atoms with E-state index in [9.17, 15) is 4.79 Å². The van der Waals surface area contributed by atoms with Gasteiger partial charge < -0.3 is 10.6 Å². The first-order chi connectivity index (χ1) is 13.0. The molecule has 0 radical (unpaired) electrons. The van der Waals surface area contributed by atoms with Crippen molar-refractivity contribution in [2.75, 3.05) is 5.32 Å². The summed E-state index contributed by atoms with van der Waals surface area (Å²) in [4.78, 5) is 17.0. The highest BCUT2D eigenvalue weighted by Crippen LogP contribution is 2.30. The molecule has 0 aliphatic carbocycles. The van der Waals surface area contributed by atoms with E-state index in [-0.39, 0.29) is 5.91 Å². The highest BCUT2D eigenvalue weighted by Gasteiger charge is 2.23. The van der Waals surface area contributed by atoms with Gasteiger partial charge in [-0.1, -0.05) is 51.8 Å². The van der Waals surface area contributed by atoms with E-state index in [0.717, 1.165) is 21.2 Å². The average Bonchev–Trinajstić information content (AvgIpc) is 2.67. The molecule has 2 N–H and O–H groups in total. The highest BCUT2D eigenvalue weighted by molar-refractivity contribution is 9.10. The summed E-state index contributed by atoms with van der Waals surface area (Å²) >= 11 is 9.91. The van der Waals surface area contributed by atoms with Gasteiger partial charge >= 0.3 is 0 Å². The van der Waals surface area contributed by atoms with Crippen LogP contribution in [-0.4, -0.2) is 10.9 Å². The van der Waals surface area contributed by atoms with Gasteiger partial charge in [0.05, 0.1) is 10.7 Å². The quantitative estimate of drug-likeness (QED) is 0.544. The molecule has 1 amide bonds.